The van der Waals surface area contributed by atoms with E-state index in [-0.39, 0.29) is 11.5 Å². The van der Waals surface area contributed by atoms with Crippen molar-refractivity contribution in [3.63, 3.8) is 0 Å². The van der Waals surface area contributed by atoms with Crippen LogP contribution in [0.2, 0.25) is 0 Å². The first-order valence-electron chi connectivity index (χ1n) is 6.59. The average Bonchev–Trinajstić information content (AvgIpc) is 2.46. The zero-order chi connectivity index (χ0) is 14.4. The Labute approximate surface area is 118 Å². The lowest BCUT2D eigenvalue weighted by atomic mass is 10.2. The van der Waals surface area contributed by atoms with E-state index in [0.29, 0.717) is 30.3 Å². The van der Waals surface area contributed by atoms with Gasteiger partial charge >= 0.3 is 0 Å². The molecule has 0 saturated carbocycles. The minimum atomic E-state index is -3.53. The number of benzene rings is 1. The molecule has 1 aromatic carbocycles. The molecule has 1 aromatic heterocycles. The van der Waals surface area contributed by atoms with Gasteiger partial charge in [-0.25, -0.2) is 13.1 Å². The maximum absolute atomic E-state index is 12.3. The molecule has 0 amide bonds. The first-order chi connectivity index (χ1) is 9.65. The summed E-state index contributed by atoms with van der Waals surface area (Å²) in [5, 5.41) is 9.30. The molecule has 108 valence electrons. The van der Waals surface area contributed by atoms with Crippen molar-refractivity contribution in [2.45, 2.75) is 24.2 Å². The van der Waals surface area contributed by atoms with Crippen molar-refractivity contribution in [3.05, 3.63) is 36.5 Å². The van der Waals surface area contributed by atoms with Gasteiger partial charge in [0.05, 0.1) is 10.4 Å². The molecule has 0 aliphatic carbocycles. The molecule has 6 heteroatoms. The Morgan fingerprint density at radius 3 is 2.75 bits per heavy atom. The Morgan fingerprint density at radius 1 is 1.10 bits per heavy atom. The Hall–Kier alpha value is -1.50. The van der Waals surface area contributed by atoms with E-state index >= 15 is 0 Å². The highest BCUT2D eigenvalue weighted by atomic mass is 32.2. The fourth-order valence-electron chi connectivity index (χ4n) is 2.01. The van der Waals surface area contributed by atoms with Crippen LogP contribution in [0.15, 0.2) is 41.4 Å². The van der Waals surface area contributed by atoms with Crippen molar-refractivity contribution in [2.75, 3.05) is 13.2 Å². The lowest BCUT2D eigenvalue weighted by Crippen LogP contribution is -2.25. The molecule has 2 N–H and O–H groups in total. The Kier molecular flexibility index (Phi) is 5.05. The number of pyridine rings is 1. The SMILES string of the molecule is O=S(=O)(NCCCCCO)c1cccc2ncccc12. The van der Waals surface area contributed by atoms with Crippen LogP contribution in [0.25, 0.3) is 10.9 Å². The van der Waals surface area contributed by atoms with Crippen LogP contribution >= 0.6 is 0 Å². The number of hydrogen-bond donors (Lipinski definition) is 2. The van der Waals surface area contributed by atoms with Crippen molar-refractivity contribution in [1.29, 1.82) is 0 Å². The summed E-state index contributed by atoms with van der Waals surface area (Å²) in [6.45, 7) is 0.515. The number of unbranched alkanes of at least 4 members (excludes halogenated alkanes) is 2. The highest BCUT2D eigenvalue weighted by Crippen LogP contribution is 2.20. The number of aromatic nitrogens is 1. The largest absolute Gasteiger partial charge is 0.396 e. The van der Waals surface area contributed by atoms with Crippen LogP contribution in [0.1, 0.15) is 19.3 Å². The summed E-state index contributed by atoms with van der Waals surface area (Å²) < 4.78 is 27.2. The second-order valence-corrected chi connectivity index (χ2v) is 6.24. The molecule has 1 heterocycles. The van der Waals surface area contributed by atoms with Gasteiger partial charge in [0.15, 0.2) is 0 Å². The molecule has 5 nitrogen and oxygen atoms in total. The Balaban J connectivity index is 2.15. The van der Waals surface area contributed by atoms with Crippen LogP contribution < -0.4 is 4.72 Å². The summed E-state index contributed by atoms with van der Waals surface area (Å²) >= 11 is 0. The first-order valence-corrected chi connectivity index (χ1v) is 8.08. The van der Waals surface area contributed by atoms with E-state index < -0.39 is 10.0 Å². The second kappa shape index (κ2) is 6.78. The smallest absolute Gasteiger partial charge is 0.241 e. The van der Waals surface area contributed by atoms with Gasteiger partial charge in [-0.2, -0.15) is 0 Å². The third-order valence-electron chi connectivity index (χ3n) is 3.02. The number of aliphatic hydroxyl groups is 1. The molecule has 0 aliphatic heterocycles. The van der Waals surface area contributed by atoms with Crippen molar-refractivity contribution in [3.8, 4) is 0 Å². The molecule has 20 heavy (non-hydrogen) atoms. The van der Waals surface area contributed by atoms with Crippen molar-refractivity contribution < 1.29 is 13.5 Å². The maximum atomic E-state index is 12.3. The highest BCUT2D eigenvalue weighted by molar-refractivity contribution is 7.89. The van der Waals surface area contributed by atoms with Crippen molar-refractivity contribution >= 4 is 20.9 Å². The summed E-state index contributed by atoms with van der Waals surface area (Å²) in [7, 11) is -3.53. The number of nitrogens with zero attached hydrogens (tertiary/aromatic N) is 1. The van der Waals surface area contributed by atoms with E-state index in [4.69, 9.17) is 5.11 Å². The van der Waals surface area contributed by atoms with E-state index in [1.807, 2.05) is 0 Å². The molecule has 0 unspecified atom stereocenters. The van der Waals surface area contributed by atoms with E-state index in [0.717, 1.165) is 6.42 Å². The standard InChI is InChI=1S/C14H18N2O3S/c17-11-3-1-2-10-16-20(18,19)14-8-4-7-13-12(14)6-5-9-15-13/h4-9,16-17H,1-3,10-11H2. The summed E-state index contributed by atoms with van der Waals surface area (Å²) in [6.07, 6.45) is 3.85. The van der Waals surface area contributed by atoms with E-state index in [2.05, 4.69) is 9.71 Å². The number of sulfonamides is 1. The minimum Gasteiger partial charge on any atom is -0.396 e. The van der Waals surface area contributed by atoms with E-state index in [1.54, 1.807) is 36.5 Å². The fraction of sp³-hybridized carbons (Fsp3) is 0.357. The summed E-state index contributed by atoms with van der Waals surface area (Å²) in [4.78, 5) is 4.41. The van der Waals surface area contributed by atoms with Gasteiger partial charge in [-0.05, 0) is 43.5 Å². The zero-order valence-corrected chi connectivity index (χ0v) is 11.9. The highest BCUT2D eigenvalue weighted by Gasteiger charge is 2.16. The number of rotatable bonds is 7. The molecular weight excluding hydrogens is 276 g/mol. The molecule has 2 rings (SSSR count). The van der Waals surface area contributed by atoms with Gasteiger partial charge in [0.25, 0.3) is 0 Å². The van der Waals surface area contributed by atoms with Gasteiger partial charge in [-0.3, -0.25) is 4.98 Å². The summed E-state index contributed by atoms with van der Waals surface area (Å²) in [5.74, 6) is 0. The molecule has 0 fully saturated rings. The number of hydrogen-bond acceptors (Lipinski definition) is 4. The molecule has 0 saturated heterocycles. The van der Waals surface area contributed by atoms with E-state index in [1.165, 1.54) is 0 Å². The Morgan fingerprint density at radius 2 is 1.95 bits per heavy atom. The molecular formula is C14H18N2O3S. The van der Waals surface area contributed by atoms with Crippen LogP contribution in [0.3, 0.4) is 0 Å². The number of aliphatic hydroxyl groups excluding tert-OH is 1. The van der Waals surface area contributed by atoms with Gasteiger partial charge < -0.3 is 5.11 Å². The Bertz CT molecular complexity index is 666. The molecule has 0 radical (unpaired) electrons. The van der Waals surface area contributed by atoms with Crippen LogP contribution in [0.5, 0.6) is 0 Å². The minimum absolute atomic E-state index is 0.141. The lowest BCUT2D eigenvalue weighted by molar-refractivity contribution is 0.283. The maximum Gasteiger partial charge on any atom is 0.241 e. The predicted molar refractivity (Wildman–Crippen MR) is 77.9 cm³/mol. The third kappa shape index (κ3) is 3.53. The lowest BCUT2D eigenvalue weighted by Gasteiger charge is -2.09. The second-order valence-electron chi connectivity index (χ2n) is 4.51. The molecule has 2 aromatic rings. The molecule has 0 bridgehead atoms. The van der Waals surface area contributed by atoms with Crippen LogP contribution in [-0.2, 0) is 10.0 Å². The normalized spacial score (nSPS) is 11.8. The third-order valence-corrected chi connectivity index (χ3v) is 4.54. The van der Waals surface area contributed by atoms with Gasteiger partial charge in [0, 0.05) is 24.7 Å². The van der Waals surface area contributed by atoms with Gasteiger partial charge in [0.2, 0.25) is 10.0 Å². The monoisotopic (exact) mass is 294 g/mol. The van der Waals surface area contributed by atoms with Crippen LogP contribution in [0, 0.1) is 0 Å². The van der Waals surface area contributed by atoms with Crippen molar-refractivity contribution in [1.82, 2.24) is 9.71 Å². The first kappa shape index (κ1) is 14.9. The van der Waals surface area contributed by atoms with Crippen LogP contribution in [-0.4, -0.2) is 31.7 Å². The summed E-state index contributed by atoms with van der Waals surface area (Å²) in [6, 6.07) is 8.54. The zero-order valence-electron chi connectivity index (χ0n) is 11.1. The molecule has 0 atom stereocenters. The molecule has 0 spiro atoms. The predicted octanol–water partition coefficient (Wildman–Crippen LogP) is 1.68. The topological polar surface area (TPSA) is 79.3 Å². The quantitative estimate of drug-likeness (QED) is 0.761. The average molecular weight is 294 g/mol. The van der Waals surface area contributed by atoms with Gasteiger partial charge in [-0.1, -0.05) is 6.07 Å². The van der Waals surface area contributed by atoms with Gasteiger partial charge in [0.1, 0.15) is 0 Å². The van der Waals surface area contributed by atoms with E-state index in [9.17, 15) is 8.42 Å². The number of fused-ring (bicyclic) bond motifs is 1. The van der Waals surface area contributed by atoms with Crippen molar-refractivity contribution in [2.24, 2.45) is 0 Å². The van der Waals surface area contributed by atoms with Gasteiger partial charge in [-0.15, -0.1) is 0 Å². The number of nitrogens with one attached hydrogen (secondary N) is 1. The van der Waals surface area contributed by atoms with Crippen LogP contribution in [0.4, 0.5) is 0 Å². The fourth-order valence-corrected chi connectivity index (χ4v) is 3.30. The molecule has 0 aliphatic rings. The summed E-state index contributed by atoms with van der Waals surface area (Å²) in [5.41, 5.74) is 0.663.